The minimum atomic E-state index is 0.208. The Hall–Kier alpha value is -2.16. The van der Waals surface area contributed by atoms with E-state index in [1.54, 1.807) is 6.20 Å². The van der Waals surface area contributed by atoms with Crippen LogP contribution in [0.2, 0.25) is 0 Å². The number of rotatable bonds is 3. The maximum absolute atomic E-state index is 12.4. The molecule has 2 heterocycles. The molecule has 0 spiro atoms. The quantitative estimate of drug-likeness (QED) is 0.855. The highest BCUT2D eigenvalue weighted by molar-refractivity contribution is 5.77. The number of pyridine rings is 1. The first-order valence-electron chi connectivity index (χ1n) is 6.99. The average Bonchev–Trinajstić information content (AvgIpc) is 2.92. The van der Waals surface area contributed by atoms with Crippen molar-refractivity contribution >= 4 is 5.91 Å². The van der Waals surface area contributed by atoms with Gasteiger partial charge in [-0.1, -0.05) is 43.3 Å². The largest absolute Gasteiger partial charge is 0.332 e. The molecule has 2 aromatic rings. The fourth-order valence-corrected chi connectivity index (χ4v) is 2.67. The molecule has 0 saturated heterocycles. The maximum Gasteiger partial charge on any atom is 0.223 e. The zero-order valence-corrected chi connectivity index (χ0v) is 11.6. The molecule has 1 aromatic carbocycles. The van der Waals surface area contributed by atoms with E-state index in [2.05, 4.69) is 30.1 Å². The van der Waals surface area contributed by atoms with Crippen molar-refractivity contribution in [3.63, 3.8) is 0 Å². The summed E-state index contributed by atoms with van der Waals surface area (Å²) < 4.78 is 0. The van der Waals surface area contributed by atoms with Crippen LogP contribution >= 0.6 is 0 Å². The van der Waals surface area contributed by atoms with Crippen LogP contribution in [0.3, 0.4) is 0 Å². The van der Waals surface area contributed by atoms with Gasteiger partial charge in [0.15, 0.2) is 0 Å². The first-order valence-corrected chi connectivity index (χ1v) is 6.99. The fourth-order valence-electron chi connectivity index (χ4n) is 2.67. The molecule has 3 rings (SSSR count). The normalized spacial score (nSPS) is 14.9. The molecule has 1 aliphatic rings. The highest BCUT2D eigenvalue weighted by Crippen LogP contribution is 2.24. The van der Waals surface area contributed by atoms with E-state index < -0.39 is 0 Å². The molecule has 20 heavy (non-hydrogen) atoms. The van der Waals surface area contributed by atoms with Crippen molar-refractivity contribution in [2.75, 3.05) is 0 Å². The standard InChI is InChI=1S/C17H18N2O/c1-13(14-6-3-2-4-7-14)10-17(20)19-11-15-8-5-9-18-16(15)12-19/h2-9,13H,10-12H2,1H3. The summed E-state index contributed by atoms with van der Waals surface area (Å²) in [7, 11) is 0. The number of hydrogen-bond donors (Lipinski definition) is 0. The highest BCUT2D eigenvalue weighted by atomic mass is 16.2. The molecule has 1 unspecified atom stereocenters. The number of hydrogen-bond acceptors (Lipinski definition) is 2. The molecular formula is C17H18N2O. The van der Waals surface area contributed by atoms with E-state index in [1.165, 1.54) is 11.1 Å². The summed E-state index contributed by atoms with van der Waals surface area (Å²) in [4.78, 5) is 18.6. The Kier molecular flexibility index (Phi) is 3.50. The van der Waals surface area contributed by atoms with E-state index in [1.807, 2.05) is 29.2 Å². The molecule has 0 aliphatic carbocycles. The lowest BCUT2D eigenvalue weighted by Crippen LogP contribution is -2.26. The van der Waals surface area contributed by atoms with Gasteiger partial charge in [-0.05, 0) is 23.1 Å². The molecule has 1 amide bonds. The topological polar surface area (TPSA) is 33.2 Å². The Balaban J connectivity index is 1.64. The summed E-state index contributed by atoms with van der Waals surface area (Å²) in [5.41, 5.74) is 3.43. The van der Waals surface area contributed by atoms with E-state index in [9.17, 15) is 4.79 Å². The van der Waals surface area contributed by atoms with Gasteiger partial charge in [-0.2, -0.15) is 0 Å². The highest BCUT2D eigenvalue weighted by Gasteiger charge is 2.25. The first-order chi connectivity index (χ1) is 9.74. The summed E-state index contributed by atoms with van der Waals surface area (Å²) in [5.74, 6) is 0.458. The summed E-state index contributed by atoms with van der Waals surface area (Å²) >= 11 is 0. The zero-order chi connectivity index (χ0) is 13.9. The molecule has 0 radical (unpaired) electrons. The van der Waals surface area contributed by atoms with Crippen molar-refractivity contribution in [2.24, 2.45) is 0 Å². The third-order valence-electron chi connectivity index (χ3n) is 3.89. The van der Waals surface area contributed by atoms with Crippen molar-refractivity contribution in [1.29, 1.82) is 0 Å². The molecule has 1 atom stereocenters. The Labute approximate surface area is 119 Å². The Morgan fingerprint density at radius 2 is 2.00 bits per heavy atom. The summed E-state index contributed by atoms with van der Waals surface area (Å²) in [5, 5.41) is 0. The lowest BCUT2D eigenvalue weighted by atomic mass is 9.97. The summed E-state index contributed by atoms with van der Waals surface area (Å²) in [6.45, 7) is 3.45. The second kappa shape index (κ2) is 5.45. The second-order valence-corrected chi connectivity index (χ2v) is 5.37. The molecule has 102 valence electrons. The second-order valence-electron chi connectivity index (χ2n) is 5.37. The van der Waals surface area contributed by atoms with Gasteiger partial charge in [0, 0.05) is 19.2 Å². The third-order valence-corrected chi connectivity index (χ3v) is 3.89. The van der Waals surface area contributed by atoms with Crippen molar-refractivity contribution in [2.45, 2.75) is 32.4 Å². The van der Waals surface area contributed by atoms with Crippen LogP contribution in [-0.2, 0) is 17.9 Å². The number of aromatic nitrogens is 1. The van der Waals surface area contributed by atoms with Crippen LogP contribution in [0.15, 0.2) is 48.7 Å². The number of carbonyl (C=O) groups excluding carboxylic acids is 1. The van der Waals surface area contributed by atoms with Crippen molar-refractivity contribution in [3.05, 3.63) is 65.5 Å². The average molecular weight is 266 g/mol. The van der Waals surface area contributed by atoms with Gasteiger partial charge in [-0.15, -0.1) is 0 Å². The van der Waals surface area contributed by atoms with Gasteiger partial charge in [0.2, 0.25) is 5.91 Å². The van der Waals surface area contributed by atoms with Crippen LogP contribution < -0.4 is 0 Å². The summed E-state index contributed by atoms with van der Waals surface area (Å²) in [6, 6.07) is 14.2. The van der Waals surface area contributed by atoms with E-state index in [0.29, 0.717) is 19.5 Å². The number of amides is 1. The number of nitrogens with zero attached hydrogens (tertiary/aromatic N) is 2. The Morgan fingerprint density at radius 1 is 1.20 bits per heavy atom. The number of carbonyl (C=O) groups is 1. The van der Waals surface area contributed by atoms with Crippen molar-refractivity contribution in [3.8, 4) is 0 Å². The van der Waals surface area contributed by atoms with Crippen LogP contribution in [0.25, 0.3) is 0 Å². The molecule has 0 bridgehead atoms. The Morgan fingerprint density at radius 3 is 2.75 bits per heavy atom. The smallest absolute Gasteiger partial charge is 0.223 e. The van der Waals surface area contributed by atoms with Crippen LogP contribution in [0.4, 0.5) is 0 Å². The van der Waals surface area contributed by atoms with Gasteiger partial charge in [0.25, 0.3) is 0 Å². The molecule has 3 nitrogen and oxygen atoms in total. The SMILES string of the molecule is CC(CC(=O)N1Cc2cccnc2C1)c1ccccc1. The fraction of sp³-hybridized carbons (Fsp3) is 0.294. The van der Waals surface area contributed by atoms with Gasteiger partial charge >= 0.3 is 0 Å². The lowest BCUT2D eigenvalue weighted by molar-refractivity contribution is -0.132. The minimum absolute atomic E-state index is 0.208. The van der Waals surface area contributed by atoms with Gasteiger partial charge in [-0.25, -0.2) is 0 Å². The Bertz CT molecular complexity index is 584. The van der Waals surface area contributed by atoms with Gasteiger partial charge < -0.3 is 4.90 Å². The zero-order valence-electron chi connectivity index (χ0n) is 11.6. The van der Waals surface area contributed by atoms with Gasteiger partial charge in [0.05, 0.1) is 12.2 Å². The minimum Gasteiger partial charge on any atom is -0.332 e. The molecule has 0 N–H and O–H groups in total. The number of fused-ring (bicyclic) bond motifs is 1. The van der Waals surface area contributed by atoms with E-state index in [0.717, 1.165) is 5.69 Å². The van der Waals surface area contributed by atoms with Crippen molar-refractivity contribution < 1.29 is 4.79 Å². The molecule has 1 aliphatic heterocycles. The molecule has 0 saturated carbocycles. The first kappa shape index (κ1) is 12.9. The monoisotopic (exact) mass is 266 g/mol. The predicted molar refractivity (Wildman–Crippen MR) is 78.0 cm³/mol. The van der Waals surface area contributed by atoms with Crippen LogP contribution in [0.1, 0.15) is 36.1 Å². The van der Waals surface area contributed by atoms with E-state index in [4.69, 9.17) is 0 Å². The lowest BCUT2D eigenvalue weighted by Gasteiger charge is -2.18. The van der Waals surface area contributed by atoms with E-state index >= 15 is 0 Å². The van der Waals surface area contributed by atoms with Crippen LogP contribution in [-0.4, -0.2) is 15.8 Å². The summed E-state index contributed by atoms with van der Waals surface area (Å²) in [6.07, 6.45) is 2.34. The van der Waals surface area contributed by atoms with Gasteiger partial charge in [0.1, 0.15) is 0 Å². The van der Waals surface area contributed by atoms with Crippen LogP contribution in [0, 0.1) is 0 Å². The molecule has 3 heteroatoms. The van der Waals surface area contributed by atoms with Crippen LogP contribution in [0.5, 0.6) is 0 Å². The van der Waals surface area contributed by atoms with Gasteiger partial charge in [-0.3, -0.25) is 9.78 Å². The van der Waals surface area contributed by atoms with E-state index in [-0.39, 0.29) is 11.8 Å². The molecule has 1 aromatic heterocycles. The number of benzene rings is 1. The predicted octanol–water partition coefficient (Wildman–Crippen LogP) is 3.12. The molecule has 0 fully saturated rings. The molecular weight excluding hydrogens is 248 g/mol. The third kappa shape index (κ3) is 2.57. The van der Waals surface area contributed by atoms with Crippen molar-refractivity contribution in [1.82, 2.24) is 9.88 Å². The maximum atomic E-state index is 12.4.